The third-order valence-corrected chi connectivity index (χ3v) is 8.07. The number of thiazole rings is 1. The van der Waals surface area contributed by atoms with E-state index in [4.69, 9.17) is 23.6 Å². The Kier molecular flexibility index (Phi) is 8.07. The molecule has 42 heavy (non-hydrogen) atoms. The third kappa shape index (κ3) is 5.43. The van der Waals surface area contributed by atoms with Crippen LogP contribution < -0.4 is 24.5 Å². The summed E-state index contributed by atoms with van der Waals surface area (Å²) in [5, 5.41) is 0. The number of hydrogen-bond acceptors (Lipinski definition) is 9. The van der Waals surface area contributed by atoms with Gasteiger partial charge in [0.15, 0.2) is 10.7 Å². The number of ether oxygens (including phenoxy) is 3. The Morgan fingerprint density at radius 1 is 1.02 bits per heavy atom. The second-order valence-electron chi connectivity index (χ2n) is 9.71. The quantitative estimate of drug-likeness (QED) is 0.291. The highest BCUT2D eigenvalue weighted by atomic mass is 32.1. The predicted octanol–water partition coefficient (Wildman–Crippen LogP) is 3.76. The first kappa shape index (κ1) is 27.7. The minimum absolute atomic E-state index is 0.189. The van der Waals surface area contributed by atoms with Crippen molar-refractivity contribution in [2.24, 2.45) is 4.99 Å². The van der Waals surface area contributed by atoms with Gasteiger partial charge in [-0.1, -0.05) is 53.8 Å². The summed E-state index contributed by atoms with van der Waals surface area (Å²) < 4.78 is 24.7. The molecule has 2 aliphatic rings. The van der Waals surface area contributed by atoms with Crippen LogP contribution in [0.3, 0.4) is 0 Å². The monoisotopic (exact) mass is 585 g/mol. The van der Waals surface area contributed by atoms with Crippen LogP contribution in [0.15, 0.2) is 86.5 Å². The number of morpholine rings is 1. The van der Waals surface area contributed by atoms with E-state index in [1.165, 1.54) is 11.3 Å². The Hall–Kier alpha value is -4.41. The molecule has 0 unspecified atom stereocenters. The minimum Gasteiger partial charge on any atom is -0.494 e. The van der Waals surface area contributed by atoms with Crippen LogP contribution in [0.1, 0.15) is 36.8 Å². The van der Waals surface area contributed by atoms with Crippen LogP contribution in [-0.2, 0) is 14.3 Å². The Bertz CT molecular complexity index is 1780. The minimum atomic E-state index is -0.756. The van der Waals surface area contributed by atoms with Gasteiger partial charge in [-0.15, -0.1) is 0 Å². The first-order valence-corrected chi connectivity index (χ1v) is 14.8. The maximum Gasteiger partial charge on any atom is 0.338 e. The van der Waals surface area contributed by atoms with Gasteiger partial charge in [-0.2, -0.15) is 0 Å². The highest BCUT2D eigenvalue weighted by molar-refractivity contribution is 7.07. The van der Waals surface area contributed by atoms with E-state index in [2.05, 4.69) is 4.90 Å². The summed E-state index contributed by atoms with van der Waals surface area (Å²) in [5.74, 6) is 1.48. The first-order chi connectivity index (χ1) is 20.6. The van der Waals surface area contributed by atoms with E-state index in [9.17, 15) is 9.59 Å². The number of aromatic nitrogens is 1. The average molecular weight is 586 g/mol. The molecule has 1 saturated heterocycles. The van der Waals surface area contributed by atoms with Gasteiger partial charge in [0.2, 0.25) is 0 Å². The summed E-state index contributed by atoms with van der Waals surface area (Å²) in [6.07, 6.45) is 1.74. The van der Waals surface area contributed by atoms with Crippen LogP contribution >= 0.6 is 11.3 Å². The lowest BCUT2D eigenvalue weighted by Gasteiger charge is -2.26. The summed E-state index contributed by atoms with van der Waals surface area (Å²) in [6, 6.07) is 19.9. The smallest absolute Gasteiger partial charge is 0.338 e. The molecule has 0 spiro atoms. The third-order valence-electron chi connectivity index (χ3n) is 7.09. The summed E-state index contributed by atoms with van der Waals surface area (Å²) in [6.45, 7) is 7.18. The molecule has 216 valence electrons. The number of rotatable bonds is 8. The molecule has 0 saturated carbocycles. The molecule has 10 heteroatoms. The van der Waals surface area contributed by atoms with Gasteiger partial charge in [0.05, 0.1) is 48.3 Å². The van der Waals surface area contributed by atoms with Gasteiger partial charge in [-0.25, -0.2) is 9.79 Å². The zero-order chi connectivity index (χ0) is 29.1. The van der Waals surface area contributed by atoms with Crippen molar-refractivity contribution in [1.82, 2.24) is 4.57 Å². The average Bonchev–Trinajstić information content (AvgIpc) is 3.62. The van der Waals surface area contributed by atoms with E-state index in [-0.39, 0.29) is 12.2 Å². The molecule has 0 amide bonds. The van der Waals surface area contributed by atoms with Crippen molar-refractivity contribution in [3.05, 3.63) is 109 Å². The van der Waals surface area contributed by atoms with E-state index < -0.39 is 12.0 Å². The lowest BCUT2D eigenvalue weighted by molar-refractivity contribution is -0.138. The summed E-state index contributed by atoms with van der Waals surface area (Å²) in [7, 11) is 0. The van der Waals surface area contributed by atoms with Crippen LogP contribution in [-0.4, -0.2) is 50.1 Å². The molecule has 0 radical (unpaired) electrons. The molecule has 4 heterocycles. The highest BCUT2D eigenvalue weighted by Gasteiger charge is 2.35. The van der Waals surface area contributed by atoms with E-state index in [1.54, 1.807) is 17.6 Å². The normalized spacial score (nSPS) is 17.1. The topological polar surface area (TPSA) is 95.5 Å². The molecule has 9 nitrogen and oxygen atoms in total. The zero-order valence-electron chi connectivity index (χ0n) is 23.4. The number of anilines is 1. The van der Waals surface area contributed by atoms with Gasteiger partial charge in [0, 0.05) is 30.8 Å². The summed E-state index contributed by atoms with van der Waals surface area (Å²) in [5.41, 5.74) is 2.02. The fourth-order valence-corrected chi connectivity index (χ4v) is 6.15. The maximum atomic E-state index is 14.1. The van der Waals surface area contributed by atoms with Gasteiger partial charge < -0.3 is 23.5 Å². The molecule has 0 N–H and O–H groups in total. The second kappa shape index (κ2) is 12.2. The van der Waals surface area contributed by atoms with E-state index >= 15 is 0 Å². The highest BCUT2D eigenvalue weighted by Crippen LogP contribution is 2.35. The van der Waals surface area contributed by atoms with Crippen molar-refractivity contribution in [3.8, 4) is 5.75 Å². The van der Waals surface area contributed by atoms with E-state index in [1.807, 2.05) is 73.7 Å². The molecule has 1 fully saturated rings. The Morgan fingerprint density at radius 3 is 2.50 bits per heavy atom. The number of furan rings is 1. The molecular weight excluding hydrogens is 554 g/mol. The van der Waals surface area contributed by atoms with Gasteiger partial charge in [0.1, 0.15) is 11.5 Å². The maximum absolute atomic E-state index is 14.1. The zero-order valence-corrected chi connectivity index (χ0v) is 24.3. The molecular formula is C32H31N3O6S. The molecule has 1 atom stereocenters. The van der Waals surface area contributed by atoms with Gasteiger partial charge in [-0.3, -0.25) is 9.36 Å². The van der Waals surface area contributed by atoms with Crippen molar-refractivity contribution in [2.45, 2.75) is 19.9 Å². The van der Waals surface area contributed by atoms with Gasteiger partial charge in [0.25, 0.3) is 5.56 Å². The number of carbonyl (C=O) groups is 1. The van der Waals surface area contributed by atoms with Gasteiger partial charge in [-0.05, 0) is 37.6 Å². The molecule has 0 bridgehead atoms. The van der Waals surface area contributed by atoms with Crippen LogP contribution in [0.25, 0.3) is 11.8 Å². The largest absolute Gasteiger partial charge is 0.494 e. The van der Waals surface area contributed by atoms with Crippen molar-refractivity contribution in [3.63, 3.8) is 0 Å². The Balaban J connectivity index is 1.53. The van der Waals surface area contributed by atoms with E-state index in [0.29, 0.717) is 51.9 Å². The molecule has 2 aliphatic heterocycles. The van der Waals surface area contributed by atoms with Crippen LogP contribution in [0, 0.1) is 0 Å². The molecule has 6 rings (SSSR count). The SMILES string of the molecule is CCOC(=O)C1=C(c2ccccc2)N=c2s/c(=C\c3ccc(N4CCOCC4)o3)c(=O)n2[C@H]1c1ccc(OCC)cc1. The molecule has 2 aromatic carbocycles. The summed E-state index contributed by atoms with van der Waals surface area (Å²) in [4.78, 5) is 35.1. The van der Waals surface area contributed by atoms with Crippen molar-refractivity contribution in [1.29, 1.82) is 0 Å². The van der Waals surface area contributed by atoms with E-state index in [0.717, 1.165) is 30.1 Å². The number of esters is 1. The van der Waals surface area contributed by atoms with Gasteiger partial charge >= 0.3 is 5.97 Å². The lowest BCUT2D eigenvalue weighted by Crippen LogP contribution is -2.40. The lowest BCUT2D eigenvalue weighted by atomic mass is 9.93. The molecule has 0 aliphatic carbocycles. The number of benzene rings is 2. The fraction of sp³-hybridized carbons (Fsp3) is 0.281. The second-order valence-corrected chi connectivity index (χ2v) is 10.7. The van der Waals surface area contributed by atoms with Crippen LogP contribution in [0.2, 0.25) is 0 Å². The van der Waals surface area contributed by atoms with Crippen molar-refractivity contribution >= 4 is 35.0 Å². The molecule has 2 aromatic heterocycles. The Morgan fingerprint density at radius 2 is 1.79 bits per heavy atom. The number of nitrogens with zero attached hydrogens (tertiary/aromatic N) is 3. The first-order valence-electron chi connectivity index (χ1n) is 14.0. The number of hydrogen-bond donors (Lipinski definition) is 0. The standard InChI is InChI=1S/C32H31N3O6S/c1-3-39-23-12-10-22(11-13-23)29-27(31(37)40-4-2)28(21-8-6-5-7-9-21)33-32-35(29)30(36)25(42-32)20-24-14-15-26(41-24)34-16-18-38-19-17-34/h5-15,20,29H,3-4,16-19H2,1-2H3/b25-20-/t29-/m0/s1. The number of carbonyl (C=O) groups excluding carboxylic acids is 1. The summed E-state index contributed by atoms with van der Waals surface area (Å²) >= 11 is 1.26. The molecule has 4 aromatic rings. The number of fused-ring (bicyclic) bond motifs is 1. The Labute approximate surface area is 246 Å². The predicted molar refractivity (Wildman–Crippen MR) is 160 cm³/mol. The van der Waals surface area contributed by atoms with Crippen molar-refractivity contribution in [2.75, 3.05) is 44.4 Å². The van der Waals surface area contributed by atoms with Crippen LogP contribution in [0.4, 0.5) is 5.88 Å². The van der Waals surface area contributed by atoms with Crippen LogP contribution in [0.5, 0.6) is 5.75 Å². The fourth-order valence-electron chi connectivity index (χ4n) is 5.17. The van der Waals surface area contributed by atoms with Crippen molar-refractivity contribution < 1.29 is 23.4 Å².